The first kappa shape index (κ1) is 20.2. The standard InChI is InChI=1S/C25H25NO6/c1-14-23(15-9-21(28-2)24(27)22(10-15)29-3)17-11-19-20(31-13-30-19)12-18(17)32-25(14)26-16-7-5-4-6-8-16/h4-12,14,23,25-27H,13H2,1-3H3/t14-,23-,25+/m1/s1. The molecule has 2 aliphatic rings. The van der Waals surface area contributed by atoms with Crippen molar-refractivity contribution in [2.75, 3.05) is 26.3 Å². The van der Waals surface area contributed by atoms with Crippen molar-refractivity contribution in [2.24, 2.45) is 5.92 Å². The van der Waals surface area contributed by atoms with E-state index >= 15 is 0 Å². The number of ether oxygens (including phenoxy) is 5. The Morgan fingerprint density at radius 3 is 2.22 bits per heavy atom. The summed E-state index contributed by atoms with van der Waals surface area (Å²) in [4.78, 5) is 0. The van der Waals surface area contributed by atoms with Crippen molar-refractivity contribution >= 4 is 5.69 Å². The fraction of sp³-hybridized carbons (Fsp3) is 0.280. The molecule has 7 heteroatoms. The van der Waals surface area contributed by atoms with E-state index in [-0.39, 0.29) is 30.6 Å². The molecule has 7 nitrogen and oxygen atoms in total. The number of phenols is 1. The molecular formula is C25H25NO6. The Balaban J connectivity index is 1.63. The van der Waals surface area contributed by atoms with E-state index in [9.17, 15) is 5.11 Å². The number of rotatable bonds is 5. The second-order valence-corrected chi connectivity index (χ2v) is 7.90. The summed E-state index contributed by atoms with van der Waals surface area (Å²) in [5, 5.41) is 13.9. The Morgan fingerprint density at radius 2 is 1.56 bits per heavy atom. The van der Waals surface area contributed by atoms with Gasteiger partial charge < -0.3 is 34.1 Å². The number of benzene rings is 3. The first-order valence-electron chi connectivity index (χ1n) is 10.5. The quantitative estimate of drug-likeness (QED) is 0.599. The number of hydrogen-bond acceptors (Lipinski definition) is 7. The predicted molar refractivity (Wildman–Crippen MR) is 119 cm³/mol. The van der Waals surface area contributed by atoms with Gasteiger partial charge in [0.05, 0.1) is 14.2 Å². The summed E-state index contributed by atoms with van der Waals surface area (Å²) in [7, 11) is 3.05. The van der Waals surface area contributed by atoms with Crippen molar-refractivity contribution in [1.29, 1.82) is 0 Å². The summed E-state index contributed by atoms with van der Waals surface area (Å²) in [6, 6.07) is 17.5. The third kappa shape index (κ3) is 3.39. The number of aromatic hydroxyl groups is 1. The predicted octanol–water partition coefficient (Wildman–Crippen LogP) is 4.74. The van der Waals surface area contributed by atoms with Gasteiger partial charge in [0, 0.05) is 29.2 Å². The number of anilines is 1. The molecule has 2 N–H and O–H groups in total. The molecule has 0 spiro atoms. The second-order valence-electron chi connectivity index (χ2n) is 7.90. The molecule has 0 fully saturated rings. The van der Waals surface area contributed by atoms with Gasteiger partial charge in [-0.2, -0.15) is 0 Å². The van der Waals surface area contributed by atoms with Crippen LogP contribution in [0.15, 0.2) is 54.6 Å². The summed E-state index contributed by atoms with van der Waals surface area (Å²) < 4.78 is 28.4. The minimum Gasteiger partial charge on any atom is -0.502 e. The summed E-state index contributed by atoms with van der Waals surface area (Å²) in [5.74, 6) is 2.69. The largest absolute Gasteiger partial charge is 0.502 e. The maximum Gasteiger partial charge on any atom is 0.231 e. The Morgan fingerprint density at radius 1 is 0.906 bits per heavy atom. The fourth-order valence-corrected chi connectivity index (χ4v) is 4.42. The molecule has 0 radical (unpaired) electrons. The van der Waals surface area contributed by atoms with Crippen LogP contribution in [0.2, 0.25) is 0 Å². The molecule has 0 bridgehead atoms. The molecular weight excluding hydrogens is 410 g/mol. The summed E-state index contributed by atoms with van der Waals surface area (Å²) >= 11 is 0. The van der Waals surface area contributed by atoms with Crippen molar-refractivity contribution < 1.29 is 28.8 Å². The van der Waals surface area contributed by atoms with E-state index in [1.54, 1.807) is 0 Å². The van der Waals surface area contributed by atoms with Gasteiger partial charge in [-0.3, -0.25) is 0 Å². The Kier molecular flexibility index (Phi) is 5.09. The van der Waals surface area contributed by atoms with Crippen LogP contribution in [0.25, 0.3) is 0 Å². The maximum absolute atomic E-state index is 10.4. The van der Waals surface area contributed by atoms with Gasteiger partial charge in [0.1, 0.15) is 5.75 Å². The van der Waals surface area contributed by atoms with E-state index in [2.05, 4.69) is 12.2 Å². The normalized spacial score (nSPS) is 20.8. The molecule has 3 aromatic carbocycles. The van der Waals surface area contributed by atoms with E-state index in [4.69, 9.17) is 23.7 Å². The highest BCUT2D eigenvalue weighted by molar-refractivity contribution is 5.60. The van der Waals surface area contributed by atoms with Crippen molar-refractivity contribution in [3.8, 4) is 34.5 Å². The third-order valence-corrected chi connectivity index (χ3v) is 6.04. The Bertz CT molecular complexity index is 1110. The van der Waals surface area contributed by atoms with Crippen molar-refractivity contribution in [3.05, 3.63) is 65.7 Å². The van der Waals surface area contributed by atoms with E-state index in [0.29, 0.717) is 23.0 Å². The molecule has 0 unspecified atom stereocenters. The lowest BCUT2D eigenvalue weighted by Gasteiger charge is -2.39. The Hall–Kier alpha value is -3.74. The first-order chi connectivity index (χ1) is 15.6. The summed E-state index contributed by atoms with van der Waals surface area (Å²) in [6.45, 7) is 2.32. The second kappa shape index (κ2) is 8.07. The molecule has 0 aliphatic carbocycles. The zero-order valence-electron chi connectivity index (χ0n) is 18.1. The number of nitrogens with one attached hydrogen (secondary N) is 1. The van der Waals surface area contributed by atoms with Crippen LogP contribution in [0, 0.1) is 5.92 Å². The van der Waals surface area contributed by atoms with Crippen LogP contribution in [0.3, 0.4) is 0 Å². The van der Waals surface area contributed by atoms with Crippen molar-refractivity contribution in [1.82, 2.24) is 0 Å². The van der Waals surface area contributed by atoms with Crippen LogP contribution in [-0.4, -0.2) is 32.3 Å². The number of phenolic OH excluding ortho intramolecular Hbond substituents is 1. The molecule has 5 rings (SSSR count). The first-order valence-corrected chi connectivity index (χ1v) is 10.5. The van der Waals surface area contributed by atoms with Crippen LogP contribution in [-0.2, 0) is 0 Å². The molecule has 2 aliphatic heterocycles. The van der Waals surface area contributed by atoms with E-state index < -0.39 is 0 Å². The number of para-hydroxylation sites is 1. The average molecular weight is 435 g/mol. The van der Waals surface area contributed by atoms with Gasteiger partial charge in [-0.15, -0.1) is 0 Å². The van der Waals surface area contributed by atoms with E-state index in [1.165, 1.54) is 14.2 Å². The molecule has 3 aromatic rings. The van der Waals surface area contributed by atoms with Gasteiger partial charge in [0.15, 0.2) is 29.2 Å². The lowest BCUT2D eigenvalue weighted by atomic mass is 9.78. The monoisotopic (exact) mass is 435 g/mol. The lowest BCUT2D eigenvalue weighted by Crippen LogP contribution is -2.40. The van der Waals surface area contributed by atoms with Crippen LogP contribution >= 0.6 is 0 Å². The van der Waals surface area contributed by atoms with Crippen molar-refractivity contribution in [3.63, 3.8) is 0 Å². The lowest BCUT2D eigenvalue weighted by molar-refractivity contribution is 0.134. The number of hydrogen-bond donors (Lipinski definition) is 2. The van der Waals surface area contributed by atoms with Crippen molar-refractivity contribution in [2.45, 2.75) is 19.1 Å². The minimum absolute atomic E-state index is 0.0158. The fourth-order valence-electron chi connectivity index (χ4n) is 4.42. The van der Waals surface area contributed by atoms with Gasteiger partial charge in [0.2, 0.25) is 12.5 Å². The van der Waals surface area contributed by atoms with E-state index in [1.807, 2.05) is 54.6 Å². The molecule has 2 heterocycles. The molecule has 0 aromatic heterocycles. The summed E-state index contributed by atoms with van der Waals surface area (Å²) in [5.41, 5.74) is 2.88. The molecule has 0 amide bonds. The SMILES string of the molecule is COc1cc([C@@H]2c3cc4c(cc3O[C@H](Nc3ccccc3)[C@@H]2C)OCO4)cc(OC)c1O. The van der Waals surface area contributed by atoms with Crippen LogP contribution in [0.5, 0.6) is 34.5 Å². The zero-order chi connectivity index (χ0) is 22.2. The third-order valence-electron chi connectivity index (χ3n) is 6.04. The number of fused-ring (bicyclic) bond motifs is 2. The maximum atomic E-state index is 10.4. The highest BCUT2D eigenvalue weighted by atomic mass is 16.7. The molecule has 0 saturated carbocycles. The van der Waals surface area contributed by atoms with Gasteiger partial charge >= 0.3 is 0 Å². The Labute approximate surface area is 186 Å². The van der Waals surface area contributed by atoms with Gasteiger partial charge in [-0.1, -0.05) is 25.1 Å². The highest BCUT2D eigenvalue weighted by Gasteiger charge is 2.39. The van der Waals surface area contributed by atoms with Crippen LogP contribution in [0.1, 0.15) is 24.0 Å². The summed E-state index contributed by atoms with van der Waals surface area (Å²) in [6.07, 6.45) is -0.305. The zero-order valence-corrected chi connectivity index (χ0v) is 18.1. The van der Waals surface area contributed by atoms with Crippen LogP contribution < -0.4 is 29.0 Å². The van der Waals surface area contributed by atoms with Gasteiger partial charge in [-0.25, -0.2) is 0 Å². The minimum atomic E-state index is -0.305. The van der Waals surface area contributed by atoms with Gasteiger partial charge in [-0.05, 0) is 35.9 Å². The topological polar surface area (TPSA) is 78.4 Å². The molecule has 166 valence electrons. The molecule has 32 heavy (non-hydrogen) atoms. The average Bonchev–Trinajstić information content (AvgIpc) is 3.27. The van der Waals surface area contributed by atoms with Gasteiger partial charge in [0.25, 0.3) is 0 Å². The van der Waals surface area contributed by atoms with Crippen LogP contribution in [0.4, 0.5) is 5.69 Å². The number of methoxy groups -OCH3 is 2. The highest BCUT2D eigenvalue weighted by Crippen LogP contribution is 2.51. The molecule has 3 atom stereocenters. The van der Waals surface area contributed by atoms with E-state index in [0.717, 1.165) is 22.6 Å². The smallest absolute Gasteiger partial charge is 0.231 e. The molecule has 0 saturated heterocycles.